The lowest BCUT2D eigenvalue weighted by Gasteiger charge is -2.29. The Labute approximate surface area is 91.9 Å². The van der Waals surface area contributed by atoms with Gasteiger partial charge in [-0.05, 0) is 33.1 Å². The smallest absolute Gasteiger partial charge is 0.0615 e. The van der Waals surface area contributed by atoms with Gasteiger partial charge < -0.3 is 9.47 Å². The second kappa shape index (κ2) is 5.94. The van der Waals surface area contributed by atoms with Crippen LogP contribution in [-0.4, -0.2) is 31.8 Å². The van der Waals surface area contributed by atoms with E-state index in [2.05, 4.69) is 6.92 Å². The number of hydrogen-bond acceptors (Lipinski definition) is 2. The molecule has 1 aliphatic rings. The Hall–Kier alpha value is 0.210. The molecule has 2 atom stereocenters. The Kier molecular flexibility index (Phi) is 5.21. The van der Waals surface area contributed by atoms with Gasteiger partial charge in [0.2, 0.25) is 0 Å². The minimum absolute atomic E-state index is 0.207. The summed E-state index contributed by atoms with van der Waals surface area (Å²) in [7, 11) is 0. The lowest BCUT2D eigenvalue weighted by atomic mass is 9.79. The molecule has 14 heavy (non-hydrogen) atoms. The third kappa shape index (κ3) is 2.85. The van der Waals surface area contributed by atoms with E-state index in [-0.39, 0.29) is 5.41 Å². The van der Waals surface area contributed by atoms with Crippen LogP contribution in [0, 0.1) is 5.41 Å². The zero-order chi connectivity index (χ0) is 10.4. The summed E-state index contributed by atoms with van der Waals surface area (Å²) in [5, 5.41) is 0. The Morgan fingerprint density at radius 3 is 2.86 bits per heavy atom. The van der Waals surface area contributed by atoms with Gasteiger partial charge >= 0.3 is 0 Å². The second-order valence-corrected chi connectivity index (χ2v) is 4.33. The fourth-order valence-electron chi connectivity index (χ4n) is 2.06. The van der Waals surface area contributed by atoms with Crippen molar-refractivity contribution in [3.63, 3.8) is 0 Å². The summed E-state index contributed by atoms with van der Waals surface area (Å²) in [6.45, 7) is 6.68. The average molecular weight is 221 g/mol. The van der Waals surface area contributed by atoms with Crippen molar-refractivity contribution < 1.29 is 9.47 Å². The first-order valence-corrected chi connectivity index (χ1v) is 6.04. The summed E-state index contributed by atoms with van der Waals surface area (Å²) in [6.07, 6.45) is 3.62. The van der Waals surface area contributed by atoms with Gasteiger partial charge in [0.15, 0.2) is 0 Å². The van der Waals surface area contributed by atoms with Crippen molar-refractivity contribution >= 4 is 11.6 Å². The molecule has 0 N–H and O–H groups in total. The molecule has 2 nitrogen and oxygen atoms in total. The lowest BCUT2D eigenvalue weighted by molar-refractivity contribution is 0.0611. The summed E-state index contributed by atoms with van der Waals surface area (Å²) in [5.41, 5.74) is 0.207. The van der Waals surface area contributed by atoms with Gasteiger partial charge in [-0.3, -0.25) is 0 Å². The van der Waals surface area contributed by atoms with Crippen LogP contribution in [0.25, 0.3) is 0 Å². The molecule has 1 heterocycles. The Morgan fingerprint density at radius 2 is 2.36 bits per heavy atom. The normalized spacial score (nSPS) is 32.4. The molecule has 0 aliphatic carbocycles. The van der Waals surface area contributed by atoms with Crippen molar-refractivity contribution in [2.24, 2.45) is 5.41 Å². The number of alkyl halides is 1. The predicted molar refractivity (Wildman–Crippen MR) is 58.9 cm³/mol. The lowest BCUT2D eigenvalue weighted by Crippen LogP contribution is -2.31. The van der Waals surface area contributed by atoms with Gasteiger partial charge in [-0.2, -0.15) is 0 Å². The molecule has 2 unspecified atom stereocenters. The molecule has 3 heteroatoms. The number of hydrogen-bond donors (Lipinski definition) is 0. The molecular weight excluding hydrogens is 200 g/mol. The maximum atomic E-state index is 6.05. The van der Waals surface area contributed by atoms with Crippen molar-refractivity contribution in [3.8, 4) is 0 Å². The second-order valence-electron chi connectivity index (χ2n) is 4.06. The third-order valence-corrected chi connectivity index (χ3v) is 3.80. The molecule has 0 saturated carbocycles. The van der Waals surface area contributed by atoms with Gasteiger partial charge in [-0.1, -0.05) is 0 Å². The van der Waals surface area contributed by atoms with Crippen LogP contribution < -0.4 is 0 Å². The topological polar surface area (TPSA) is 18.5 Å². The van der Waals surface area contributed by atoms with E-state index in [1.165, 1.54) is 0 Å². The maximum Gasteiger partial charge on any atom is 0.0615 e. The first-order chi connectivity index (χ1) is 6.75. The largest absolute Gasteiger partial charge is 0.382 e. The maximum absolute atomic E-state index is 6.05. The van der Waals surface area contributed by atoms with Crippen LogP contribution in [0.2, 0.25) is 0 Å². The van der Waals surface area contributed by atoms with Crippen LogP contribution in [0.1, 0.15) is 33.1 Å². The summed E-state index contributed by atoms with van der Waals surface area (Å²) in [4.78, 5) is 0. The van der Waals surface area contributed by atoms with Crippen molar-refractivity contribution in [2.75, 3.05) is 25.7 Å². The summed E-state index contributed by atoms with van der Waals surface area (Å²) < 4.78 is 10.9. The minimum atomic E-state index is 0.207. The van der Waals surface area contributed by atoms with E-state index in [9.17, 15) is 0 Å². The zero-order valence-corrected chi connectivity index (χ0v) is 9.98. The molecule has 1 aliphatic heterocycles. The Balaban J connectivity index is 2.30. The first-order valence-electron chi connectivity index (χ1n) is 5.50. The number of rotatable bonds is 6. The van der Waals surface area contributed by atoms with E-state index in [0.717, 1.165) is 39.1 Å². The van der Waals surface area contributed by atoms with Crippen molar-refractivity contribution in [1.29, 1.82) is 0 Å². The fraction of sp³-hybridized carbons (Fsp3) is 1.00. The van der Waals surface area contributed by atoms with Crippen molar-refractivity contribution in [1.82, 2.24) is 0 Å². The quantitative estimate of drug-likeness (QED) is 0.506. The molecule has 0 radical (unpaired) electrons. The first kappa shape index (κ1) is 12.3. The van der Waals surface area contributed by atoms with E-state index in [4.69, 9.17) is 21.1 Å². The standard InChI is InChI=1S/C11H21ClO2/c1-3-13-7-4-5-11(9-12)6-8-14-10(11)2/h10H,3-9H2,1-2H3. The van der Waals surface area contributed by atoms with E-state index < -0.39 is 0 Å². The Morgan fingerprint density at radius 1 is 1.57 bits per heavy atom. The highest BCUT2D eigenvalue weighted by Crippen LogP contribution is 2.40. The van der Waals surface area contributed by atoms with Gasteiger partial charge in [0.05, 0.1) is 6.10 Å². The van der Waals surface area contributed by atoms with Crippen LogP contribution in [0.4, 0.5) is 0 Å². The van der Waals surface area contributed by atoms with Gasteiger partial charge in [0.1, 0.15) is 0 Å². The highest BCUT2D eigenvalue weighted by molar-refractivity contribution is 6.18. The molecule has 1 fully saturated rings. The fourth-order valence-corrected chi connectivity index (χ4v) is 2.54. The van der Waals surface area contributed by atoms with E-state index in [0.29, 0.717) is 12.0 Å². The van der Waals surface area contributed by atoms with E-state index >= 15 is 0 Å². The van der Waals surface area contributed by atoms with Crippen molar-refractivity contribution in [2.45, 2.75) is 39.2 Å². The highest BCUT2D eigenvalue weighted by atomic mass is 35.5. The summed E-state index contributed by atoms with van der Waals surface area (Å²) in [5.74, 6) is 0.709. The van der Waals surface area contributed by atoms with E-state index in [1.54, 1.807) is 0 Å². The third-order valence-electron chi connectivity index (χ3n) is 3.26. The molecule has 0 aromatic carbocycles. The minimum Gasteiger partial charge on any atom is -0.382 e. The molecule has 0 spiro atoms. The molecule has 0 aromatic heterocycles. The molecular formula is C11H21ClO2. The van der Waals surface area contributed by atoms with Crippen LogP contribution in [0.15, 0.2) is 0 Å². The van der Waals surface area contributed by atoms with Crippen LogP contribution in [0.3, 0.4) is 0 Å². The van der Waals surface area contributed by atoms with Crippen LogP contribution in [0.5, 0.6) is 0 Å². The van der Waals surface area contributed by atoms with Crippen LogP contribution >= 0.6 is 11.6 Å². The SMILES string of the molecule is CCOCCCC1(CCl)CCOC1C. The summed E-state index contributed by atoms with van der Waals surface area (Å²) in [6, 6.07) is 0. The molecule has 0 aromatic rings. The van der Waals surface area contributed by atoms with Gasteiger partial charge in [0.25, 0.3) is 0 Å². The summed E-state index contributed by atoms with van der Waals surface area (Å²) >= 11 is 6.05. The number of ether oxygens (including phenoxy) is 2. The van der Waals surface area contributed by atoms with Gasteiger partial charge in [-0.25, -0.2) is 0 Å². The molecule has 1 saturated heterocycles. The molecule has 0 bridgehead atoms. The monoisotopic (exact) mass is 220 g/mol. The van der Waals surface area contributed by atoms with Gasteiger partial charge in [0, 0.05) is 31.1 Å². The molecule has 1 rings (SSSR count). The van der Waals surface area contributed by atoms with E-state index in [1.807, 2.05) is 6.92 Å². The average Bonchev–Trinajstić information content (AvgIpc) is 2.56. The Bertz CT molecular complexity index is 163. The van der Waals surface area contributed by atoms with Gasteiger partial charge in [-0.15, -0.1) is 11.6 Å². The van der Waals surface area contributed by atoms with Crippen molar-refractivity contribution in [3.05, 3.63) is 0 Å². The zero-order valence-electron chi connectivity index (χ0n) is 9.22. The predicted octanol–water partition coefficient (Wildman–Crippen LogP) is 2.84. The highest BCUT2D eigenvalue weighted by Gasteiger charge is 2.39. The molecule has 0 amide bonds. The van der Waals surface area contributed by atoms with Crippen LogP contribution in [-0.2, 0) is 9.47 Å². The molecule has 84 valence electrons. The number of halogens is 1.